The first-order valence-electron chi connectivity index (χ1n) is 5.77. The van der Waals surface area contributed by atoms with Crippen LogP contribution < -0.4 is 9.47 Å². The highest BCUT2D eigenvalue weighted by molar-refractivity contribution is 8.00. The Morgan fingerprint density at radius 3 is 2.35 bits per heavy atom. The van der Waals surface area contributed by atoms with Gasteiger partial charge in [0.15, 0.2) is 0 Å². The summed E-state index contributed by atoms with van der Waals surface area (Å²) < 4.78 is 10.4. The zero-order chi connectivity index (χ0) is 12.3. The van der Waals surface area contributed by atoms with E-state index >= 15 is 0 Å². The Morgan fingerprint density at radius 2 is 1.88 bits per heavy atom. The zero-order valence-corrected chi connectivity index (χ0v) is 11.0. The molecule has 94 valence electrons. The quantitative estimate of drug-likeness (QED) is 0.896. The first-order chi connectivity index (χ1) is 8.24. The number of ether oxygens (including phenoxy) is 2. The van der Waals surface area contributed by atoms with Crippen molar-refractivity contribution in [3.8, 4) is 11.5 Å². The van der Waals surface area contributed by atoms with Gasteiger partial charge in [0.05, 0.1) is 20.3 Å². The fraction of sp³-hybridized carbons (Fsp3) is 0.538. The lowest BCUT2D eigenvalue weighted by atomic mass is 10.0. The van der Waals surface area contributed by atoms with Gasteiger partial charge in [-0.15, -0.1) is 0 Å². The summed E-state index contributed by atoms with van der Waals surface area (Å²) in [4.78, 5) is 0. The Labute approximate surface area is 106 Å². The average molecular weight is 254 g/mol. The lowest BCUT2D eigenvalue weighted by molar-refractivity contribution is 0.172. The van der Waals surface area contributed by atoms with E-state index in [0.717, 1.165) is 29.2 Å². The van der Waals surface area contributed by atoms with Gasteiger partial charge in [-0.1, -0.05) is 0 Å². The molecule has 1 aromatic carbocycles. The number of rotatable bonds is 4. The van der Waals surface area contributed by atoms with Crippen molar-refractivity contribution in [2.24, 2.45) is 0 Å². The Bertz CT molecular complexity index is 353. The standard InChI is InChI=1S/C13H18O3S/c1-15-10-6-9(7-11(8-10)16-2)13(14)12-4-3-5-17-12/h6-8,12-14H,3-5H2,1-2H3. The molecule has 0 aromatic heterocycles. The normalized spacial score (nSPS) is 21.2. The smallest absolute Gasteiger partial charge is 0.122 e. The van der Waals surface area contributed by atoms with Gasteiger partial charge in [0, 0.05) is 11.3 Å². The molecule has 0 radical (unpaired) electrons. The van der Waals surface area contributed by atoms with Gasteiger partial charge in [-0.25, -0.2) is 0 Å². The third-order valence-corrected chi connectivity index (χ3v) is 4.48. The molecule has 0 saturated carbocycles. The largest absolute Gasteiger partial charge is 0.497 e. The maximum atomic E-state index is 10.3. The molecule has 0 aliphatic carbocycles. The van der Waals surface area contributed by atoms with E-state index < -0.39 is 6.10 Å². The number of benzene rings is 1. The minimum Gasteiger partial charge on any atom is -0.497 e. The number of aliphatic hydroxyl groups excluding tert-OH is 1. The fourth-order valence-electron chi connectivity index (χ4n) is 2.07. The summed E-state index contributed by atoms with van der Waals surface area (Å²) in [6.07, 6.45) is 1.82. The zero-order valence-electron chi connectivity index (χ0n) is 10.2. The van der Waals surface area contributed by atoms with E-state index in [2.05, 4.69) is 0 Å². The van der Waals surface area contributed by atoms with Crippen molar-refractivity contribution in [2.45, 2.75) is 24.2 Å². The van der Waals surface area contributed by atoms with Crippen LogP contribution in [0, 0.1) is 0 Å². The van der Waals surface area contributed by atoms with Crippen LogP contribution in [-0.4, -0.2) is 30.3 Å². The Balaban J connectivity index is 2.23. The molecule has 2 unspecified atom stereocenters. The van der Waals surface area contributed by atoms with Gasteiger partial charge in [0.2, 0.25) is 0 Å². The summed E-state index contributed by atoms with van der Waals surface area (Å²) in [5, 5.41) is 10.6. The van der Waals surface area contributed by atoms with Crippen molar-refractivity contribution in [1.82, 2.24) is 0 Å². The predicted molar refractivity (Wildman–Crippen MR) is 70.0 cm³/mol. The van der Waals surface area contributed by atoms with Crippen LogP contribution >= 0.6 is 11.8 Å². The summed E-state index contributed by atoms with van der Waals surface area (Å²) in [6.45, 7) is 0. The third kappa shape index (κ3) is 2.87. The molecule has 1 fully saturated rings. The van der Waals surface area contributed by atoms with Crippen molar-refractivity contribution in [3.63, 3.8) is 0 Å². The van der Waals surface area contributed by atoms with Crippen LogP contribution in [0.15, 0.2) is 18.2 Å². The molecule has 1 aliphatic heterocycles. The molecule has 1 saturated heterocycles. The maximum absolute atomic E-state index is 10.3. The lowest BCUT2D eigenvalue weighted by Crippen LogP contribution is -2.12. The lowest BCUT2D eigenvalue weighted by Gasteiger charge is -2.18. The number of hydrogen-bond donors (Lipinski definition) is 1. The number of thioether (sulfide) groups is 1. The summed E-state index contributed by atoms with van der Waals surface area (Å²) in [5.41, 5.74) is 0.876. The molecule has 1 heterocycles. The van der Waals surface area contributed by atoms with Gasteiger partial charge in [-0.3, -0.25) is 0 Å². The highest BCUT2D eigenvalue weighted by Crippen LogP contribution is 2.37. The van der Waals surface area contributed by atoms with Crippen molar-refractivity contribution >= 4 is 11.8 Å². The highest BCUT2D eigenvalue weighted by atomic mass is 32.2. The molecule has 3 nitrogen and oxygen atoms in total. The van der Waals surface area contributed by atoms with Crippen LogP contribution in [-0.2, 0) is 0 Å². The van der Waals surface area contributed by atoms with E-state index in [1.165, 1.54) is 6.42 Å². The van der Waals surface area contributed by atoms with Gasteiger partial charge in [-0.05, 0) is 36.3 Å². The van der Waals surface area contributed by atoms with Crippen molar-refractivity contribution < 1.29 is 14.6 Å². The average Bonchev–Trinajstić information content (AvgIpc) is 2.91. The van der Waals surface area contributed by atoms with Crippen molar-refractivity contribution in [1.29, 1.82) is 0 Å². The van der Waals surface area contributed by atoms with Crippen molar-refractivity contribution in [2.75, 3.05) is 20.0 Å². The molecule has 2 rings (SSSR count). The topological polar surface area (TPSA) is 38.7 Å². The van der Waals surface area contributed by atoms with Crippen LogP contribution in [0.5, 0.6) is 11.5 Å². The fourth-order valence-corrected chi connectivity index (χ4v) is 3.38. The van der Waals surface area contributed by atoms with E-state index in [-0.39, 0.29) is 0 Å². The molecular formula is C13H18O3S. The van der Waals surface area contributed by atoms with E-state index in [1.807, 2.05) is 30.0 Å². The monoisotopic (exact) mass is 254 g/mol. The SMILES string of the molecule is COc1cc(OC)cc(C(O)C2CCCS2)c1. The van der Waals surface area contributed by atoms with Crippen LogP contribution in [0.1, 0.15) is 24.5 Å². The van der Waals surface area contributed by atoms with Gasteiger partial charge in [0.25, 0.3) is 0 Å². The summed E-state index contributed by atoms with van der Waals surface area (Å²) >= 11 is 1.84. The molecule has 4 heteroatoms. The second-order valence-electron chi connectivity index (χ2n) is 4.14. The van der Waals surface area contributed by atoms with E-state index in [9.17, 15) is 5.11 Å². The molecule has 0 spiro atoms. The first kappa shape index (κ1) is 12.6. The second kappa shape index (κ2) is 5.65. The van der Waals surface area contributed by atoms with Crippen LogP contribution in [0.3, 0.4) is 0 Å². The predicted octanol–water partition coefficient (Wildman–Crippen LogP) is 2.63. The van der Waals surface area contributed by atoms with Crippen LogP contribution in [0.25, 0.3) is 0 Å². The second-order valence-corrected chi connectivity index (χ2v) is 5.49. The number of hydrogen-bond acceptors (Lipinski definition) is 4. The summed E-state index contributed by atoms with van der Waals surface area (Å²) in [5.74, 6) is 2.59. The molecule has 1 aromatic rings. The van der Waals surface area contributed by atoms with Crippen molar-refractivity contribution in [3.05, 3.63) is 23.8 Å². The van der Waals surface area contributed by atoms with Gasteiger partial charge >= 0.3 is 0 Å². The van der Waals surface area contributed by atoms with E-state index in [0.29, 0.717) is 5.25 Å². The Morgan fingerprint density at radius 1 is 1.24 bits per heavy atom. The molecule has 1 N–H and O–H groups in total. The third-order valence-electron chi connectivity index (χ3n) is 3.03. The highest BCUT2D eigenvalue weighted by Gasteiger charge is 2.25. The minimum absolute atomic E-state index is 0.298. The summed E-state index contributed by atoms with van der Waals surface area (Å²) in [6, 6.07) is 5.58. The van der Waals surface area contributed by atoms with Gasteiger partial charge in [0.1, 0.15) is 11.5 Å². The first-order valence-corrected chi connectivity index (χ1v) is 6.82. The maximum Gasteiger partial charge on any atom is 0.122 e. The molecule has 2 atom stereocenters. The van der Waals surface area contributed by atoms with Crippen LogP contribution in [0.2, 0.25) is 0 Å². The molecular weight excluding hydrogens is 236 g/mol. The van der Waals surface area contributed by atoms with E-state index in [1.54, 1.807) is 14.2 Å². The van der Waals surface area contributed by atoms with E-state index in [4.69, 9.17) is 9.47 Å². The minimum atomic E-state index is -0.438. The molecule has 17 heavy (non-hydrogen) atoms. The summed E-state index contributed by atoms with van der Waals surface area (Å²) in [7, 11) is 3.24. The number of methoxy groups -OCH3 is 2. The Kier molecular flexibility index (Phi) is 4.18. The van der Waals surface area contributed by atoms with Crippen LogP contribution in [0.4, 0.5) is 0 Å². The molecule has 0 amide bonds. The number of aliphatic hydroxyl groups is 1. The van der Waals surface area contributed by atoms with Gasteiger partial charge in [-0.2, -0.15) is 11.8 Å². The molecule has 1 aliphatic rings. The molecule has 0 bridgehead atoms. The van der Waals surface area contributed by atoms with Gasteiger partial charge < -0.3 is 14.6 Å². The Hall–Kier alpha value is -0.870.